The van der Waals surface area contributed by atoms with Gasteiger partial charge in [-0.05, 0) is 37.3 Å². The Hall–Kier alpha value is -4.45. The molecule has 4 heterocycles. The average Bonchev–Trinajstić information content (AvgIpc) is 3.09. The maximum absolute atomic E-state index is 14.3. The van der Waals surface area contributed by atoms with Crippen LogP contribution < -0.4 is 16.0 Å². The van der Waals surface area contributed by atoms with Crippen LogP contribution in [0, 0.1) is 17.1 Å². The number of aromatic nitrogens is 4. The molecule has 0 fully saturated rings. The molecule has 1 unspecified atom stereocenters. The summed E-state index contributed by atoms with van der Waals surface area (Å²) < 4.78 is 23.4. The van der Waals surface area contributed by atoms with Gasteiger partial charge in [0.2, 0.25) is 0 Å². The van der Waals surface area contributed by atoms with Gasteiger partial charge in [-0.1, -0.05) is 6.07 Å². The molecule has 1 aromatic carbocycles. The van der Waals surface area contributed by atoms with Crippen molar-refractivity contribution < 1.29 is 9.13 Å². The number of nitrogens with two attached hydrogens (primary N) is 1. The monoisotopic (exact) mass is 442 g/mol. The van der Waals surface area contributed by atoms with Crippen LogP contribution in [-0.2, 0) is 13.5 Å². The third-order valence-electron chi connectivity index (χ3n) is 5.75. The molecule has 5 rings (SSSR count). The number of rotatable bonds is 0. The van der Waals surface area contributed by atoms with Gasteiger partial charge in [-0.3, -0.25) is 14.0 Å². The van der Waals surface area contributed by atoms with Crippen molar-refractivity contribution in [2.45, 2.75) is 19.4 Å². The fraction of sp³-hybridized carbons (Fsp3) is 0.167. The van der Waals surface area contributed by atoms with Crippen molar-refractivity contribution >= 4 is 5.82 Å². The first-order valence-corrected chi connectivity index (χ1v) is 10.3. The second kappa shape index (κ2) is 7.60. The fourth-order valence-electron chi connectivity index (χ4n) is 4.24. The smallest absolute Gasteiger partial charge is 0.255 e. The number of nitrogens with zero attached hydrogens (tertiary/aromatic N) is 5. The summed E-state index contributed by atoms with van der Waals surface area (Å²) in [5, 5.41) is 14.4. The highest BCUT2D eigenvalue weighted by Crippen LogP contribution is 2.36. The zero-order valence-corrected chi connectivity index (χ0v) is 17.9. The van der Waals surface area contributed by atoms with E-state index < -0.39 is 11.9 Å². The van der Waals surface area contributed by atoms with Crippen molar-refractivity contribution in [3.05, 3.63) is 87.5 Å². The van der Waals surface area contributed by atoms with Crippen molar-refractivity contribution in [2.75, 3.05) is 5.73 Å². The second-order valence-electron chi connectivity index (χ2n) is 7.84. The second-order valence-corrected chi connectivity index (χ2v) is 7.84. The van der Waals surface area contributed by atoms with E-state index in [1.807, 2.05) is 6.07 Å². The van der Waals surface area contributed by atoms with Crippen LogP contribution in [0.2, 0.25) is 0 Å². The first-order chi connectivity index (χ1) is 15.9. The number of pyridine rings is 2. The summed E-state index contributed by atoms with van der Waals surface area (Å²) in [7, 11) is 1.68. The molecule has 33 heavy (non-hydrogen) atoms. The van der Waals surface area contributed by atoms with E-state index in [-0.39, 0.29) is 23.5 Å². The summed E-state index contributed by atoms with van der Waals surface area (Å²) in [6.45, 7) is 1.75. The maximum atomic E-state index is 14.3. The third-order valence-corrected chi connectivity index (χ3v) is 5.75. The Labute approximate surface area is 188 Å². The van der Waals surface area contributed by atoms with Crippen LogP contribution in [0.15, 0.2) is 53.5 Å². The molecule has 0 amide bonds. The Morgan fingerprint density at radius 2 is 2.09 bits per heavy atom. The van der Waals surface area contributed by atoms with Gasteiger partial charge in [-0.2, -0.15) is 10.4 Å². The molecular formula is C24H19FN6O2. The number of nitriles is 1. The number of ether oxygens (including phenoxy) is 1. The Morgan fingerprint density at radius 1 is 1.27 bits per heavy atom. The first kappa shape index (κ1) is 20.5. The number of hydrogen-bond acceptors (Lipinski definition) is 6. The fourth-order valence-corrected chi connectivity index (χ4v) is 4.24. The lowest BCUT2D eigenvalue weighted by molar-refractivity contribution is 0.227. The lowest BCUT2D eigenvalue weighted by atomic mass is 10.0. The minimum absolute atomic E-state index is 0.155. The van der Waals surface area contributed by atoms with Gasteiger partial charge < -0.3 is 10.5 Å². The summed E-state index contributed by atoms with van der Waals surface area (Å²) in [4.78, 5) is 17.3. The Bertz CT molecular complexity index is 1510. The molecule has 164 valence electrons. The van der Waals surface area contributed by atoms with E-state index >= 15 is 0 Å². The zero-order chi connectivity index (χ0) is 23.3. The van der Waals surface area contributed by atoms with Crippen molar-refractivity contribution in [3.8, 4) is 28.6 Å². The van der Waals surface area contributed by atoms with E-state index in [0.717, 1.165) is 0 Å². The molecule has 0 saturated carbocycles. The van der Waals surface area contributed by atoms with Crippen LogP contribution in [0.3, 0.4) is 0 Å². The quantitative estimate of drug-likeness (QED) is 0.447. The predicted octanol–water partition coefficient (Wildman–Crippen LogP) is 3.27. The SMILES string of the molecule is CC1Oc2cc(cnc2N)-c2c(nn(C)c2C#N)Cc2cccc(=O)n2-c2ccc(F)cc21. The van der Waals surface area contributed by atoms with Crippen molar-refractivity contribution in [1.29, 1.82) is 5.26 Å². The molecule has 0 saturated heterocycles. The van der Waals surface area contributed by atoms with Crippen molar-refractivity contribution in [1.82, 2.24) is 19.3 Å². The molecule has 1 aliphatic heterocycles. The van der Waals surface area contributed by atoms with E-state index in [1.54, 1.807) is 38.4 Å². The predicted molar refractivity (Wildman–Crippen MR) is 119 cm³/mol. The standard InChI is InChI=1S/C24H19FN6O2/c1-13-17-9-15(25)6-7-19(17)31-16(4-3-5-22(31)32)10-18-23(20(11-26)30(2)29-18)14-8-21(33-13)24(27)28-12-14/h3-9,12-13H,10H2,1-2H3,(H2,27,28). The summed E-state index contributed by atoms with van der Waals surface area (Å²) in [6, 6.07) is 13.0. The minimum Gasteiger partial charge on any atom is -0.482 e. The molecule has 9 heteroatoms. The molecule has 3 aromatic heterocycles. The number of nitrogen functional groups attached to an aromatic ring is 1. The molecule has 2 N–H and O–H groups in total. The number of aryl methyl sites for hydroxylation is 1. The molecule has 4 aromatic rings. The molecule has 1 aliphatic rings. The van der Waals surface area contributed by atoms with Gasteiger partial charge in [0.25, 0.3) is 5.56 Å². The topological polar surface area (TPSA) is 112 Å². The van der Waals surface area contributed by atoms with Gasteiger partial charge in [0, 0.05) is 48.1 Å². The third kappa shape index (κ3) is 3.32. The number of halogens is 1. The van der Waals surface area contributed by atoms with Crippen LogP contribution >= 0.6 is 0 Å². The van der Waals surface area contributed by atoms with Crippen LogP contribution in [0.4, 0.5) is 10.2 Å². The highest BCUT2D eigenvalue weighted by molar-refractivity contribution is 5.74. The Morgan fingerprint density at radius 3 is 2.88 bits per heavy atom. The van der Waals surface area contributed by atoms with Crippen LogP contribution in [0.5, 0.6) is 5.75 Å². The number of benzene rings is 1. The van der Waals surface area contributed by atoms with Crippen molar-refractivity contribution in [2.24, 2.45) is 7.05 Å². The summed E-state index contributed by atoms with van der Waals surface area (Å²) in [6.07, 6.45) is 1.16. The molecule has 1 atom stereocenters. The van der Waals surface area contributed by atoms with E-state index in [9.17, 15) is 14.4 Å². The number of fused-ring (bicyclic) bond motifs is 7. The summed E-state index contributed by atoms with van der Waals surface area (Å²) in [5.74, 6) is -0.00965. The number of anilines is 1. The number of hydrogen-bond donors (Lipinski definition) is 1. The Kier molecular flexibility index (Phi) is 4.71. The van der Waals surface area contributed by atoms with Crippen LogP contribution in [0.1, 0.15) is 35.7 Å². The van der Waals surface area contributed by atoms with Gasteiger partial charge in [0.05, 0.1) is 11.4 Å². The zero-order valence-electron chi connectivity index (χ0n) is 17.9. The lowest BCUT2D eigenvalue weighted by Gasteiger charge is -2.23. The minimum atomic E-state index is -0.654. The van der Waals surface area contributed by atoms with Crippen LogP contribution in [0.25, 0.3) is 16.8 Å². The van der Waals surface area contributed by atoms with Gasteiger partial charge in [-0.25, -0.2) is 9.37 Å². The summed E-state index contributed by atoms with van der Waals surface area (Å²) in [5.41, 5.74) is 9.53. The largest absolute Gasteiger partial charge is 0.482 e. The highest BCUT2D eigenvalue weighted by atomic mass is 19.1. The highest BCUT2D eigenvalue weighted by Gasteiger charge is 2.24. The normalized spacial score (nSPS) is 14.5. The molecule has 0 radical (unpaired) electrons. The first-order valence-electron chi connectivity index (χ1n) is 10.3. The van der Waals surface area contributed by atoms with Gasteiger partial charge in [0.15, 0.2) is 11.6 Å². The molecule has 2 bridgehead atoms. The average molecular weight is 442 g/mol. The molecule has 8 nitrogen and oxygen atoms in total. The van der Waals surface area contributed by atoms with E-state index in [4.69, 9.17) is 10.5 Å². The van der Waals surface area contributed by atoms with E-state index in [1.165, 1.54) is 27.4 Å². The van der Waals surface area contributed by atoms with Crippen LogP contribution in [-0.4, -0.2) is 19.3 Å². The summed E-state index contributed by atoms with van der Waals surface area (Å²) >= 11 is 0. The molecule has 0 aliphatic carbocycles. The van der Waals surface area contributed by atoms with Crippen molar-refractivity contribution in [3.63, 3.8) is 0 Å². The molecule has 0 spiro atoms. The van der Waals surface area contributed by atoms with Gasteiger partial charge >= 0.3 is 0 Å². The van der Waals surface area contributed by atoms with E-state index in [0.29, 0.717) is 39.5 Å². The lowest BCUT2D eigenvalue weighted by Crippen LogP contribution is -2.23. The maximum Gasteiger partial charge on any atom is 0.255 e. The molecular weight excluding hydrogens is 423 g/mol. The van der Waals surface area contributed by atoms with Gasteiger partial charge in [0.1, 0.15) is 23.7 Å². The van der Waals surface area contributed by atoms with Gasteiger partial charge in [-0.15, -0.1) is 0 Å². The van der Waals surface area contributed by atoms with E-state index in [2.05, 4.69) is 16.2 Å². The Balaban J connectivity index is 1.88.